The van der Waals surface area contributed by atoms with Crippen molar-refractivity contribution >= 4 is 11.9 Å². The fraction of sp³-hybridized carbons (Fsp3) is 0.391. The van der Waals surface area contributed by atoms with Gasteiger partial charge >= 0.3 is 5.97 Å². The standard InChI is InChI=1S/C23H28N2O4/c1-3-25(15-22(26)27)20-13-19(14-20)24-23(28)18-9-11-21(12-10-18)29-16(2)17-7-5-4-6-8-17/h4-12,16,19-20H,3,13-15H2,1-2H3,(H,24,28)(H,26,27). The quantitative estimate of drug-likeness (QED) is 0.678. The van der Waals surface area contributed by atoms with Gasteiger partial charge in [0.05, 0.1) is 6.54 Å². The van der Waals surface area contributed by atoms with Crippen molar-refractivity contribution in [3.63, 3.8) is 0 Å². The molecule has 0 heterocycles. The van der Waals surface area contributed by atoms with Crippen LogP contribution in [0.3, 0.4) is 0 Å². The number of ether oxygens (including phenoxy) is 1. The topological polar surface area (TPSA) is 78.9 Å². The van der Waals surface area contributed by atoms with E-state index in [9.17, 15) is 9.59 Å². The number of nitrogens with one attached hydrogen (secondary N) is 1. The van der Waals surface area contributed by atoms with Crippen molar-refractivity contribution in [1.82, 2.24) is 10.2 Å². The Labute approximate surface area is 171 Å². The number of nitrogens with zero attached hydrogens (tertiary/aromatic N) is 1. The molecule has 6 nitrogen and oxygen atoms in total. The van der Waals surface area contributed by atoms with E-state index in [1.54, 1.807) is 12.1 Å². The monoisotopic (exact) mass is 396 g/mol. The maximum atomic E-state index is 12.5. The maximum absolute atomic E-state index is 12.5. The smallest absolute Gasteiger partial charge is 0.317 e. The predicted molar refractivity (Wildman–Crippen MR) is 111 cm³/mol. The van der Waals surface area contributed by atoms with Crippen molar-refractivity contribution in [2.45, 2.75) is 44.9 Å². The fourth-order valence-electron chi connectivity index (χ4n) is 3.63. The highest BCUT2D eigenvalue weighted by atomic mass is 16.5. The Morgan fingerprint density at radius 1 is 1.14 bits per heavy atom. The van der Waals surface area contributed by atoms with Crippen LogP contribution >= 0.6 is 0 Å². The summed E-state index contributed by atoms with van der Waals surface area (Å²) in [7, 11) is 0. The number of hydrogen-bond donors (Lipinski definition) is 2. The summed E-state index contributed by atoms with van der Waals surface area (Å²) < 4.78 is 5.95. The van der Waals surface area contributed by atoms with Gasteiger partial charge in [0.25, 0.3) is 5.91 Å². The summed E-state index contributed by atoms with van der Waals surface area (Å²) in [6.45, 7) is 4.69. The second-order valence-electron chi connectivity index (χ2n) is 7.45. The molecule has 1 saturated carbocycles. The third kappa shape index (κ3) is 5.57. The molecular formula is C23H28N2O4. The van der Waals surface area contributed by atoms with Gasteiger partial charge in [-0.25, -0.2) is 0 Å². The Hall–Kier alpha value is -2.86. The Bertz CT molecular complexity index is 817. The van der Waals surface area contributed by atoms with Crippen molar-refractivity contribution in [3.05, 3.63) is 65.7 Å². The number of aliphatic carboxylic acids is 1. The van der Waals surface area contributed by atoms with Gasteiger partial charge in [-0.1, -0.05) is 37.3 Å². The number of rotatable bonds is 9. The third-order valence-electron chi connectivity index (χ3n) is 5.41. The molecule has 0 bridgehead atoms. The average Bonchev–Trinajstić information content (AvgIpc) is 2.69. The van der Waals surface area contributed by atoms with E-state index in [1.165, 1.54) is 0 Å². The zero-order valence-corrected chi connectivity index (χ0v) is 16.9. The minimum Gasteiger partial charge on any atom is -0.486 e. The van der Waals surface area contributed by atoms with E-state index >= 15 is 0 Å². The average molecular weight is 396 g/mol. The van der Waals surface area contributed by atoms with Gasteiger partial charge in [-0.15, -0.1) is 0 Å². The molecule has 1 atom stereocenters. The van der Waals surface area contributed by atoms with Crippen LogP contribution in [0.25, 0.3) is 0 Å². The normalized spacial score (nSPS) is 19.3. The molecule has 1 fully saturated rings. The van der Waals surface area contributed by atoms with Crippen LogP contribution in [0.15, 0.2) is 54.6 Å². The Kier molecular flexibility index (Phi) is 6.88. The number of carbonyl (C=O) groups is 2. The van der Waals surface area contributed by atoms with Crippen LogP contribution in [-0.4, -0.2) is 47.1 Å². The van der Waals surface area contributed by atoms with Crippen LogP contribution in [0.1, 0.15) is 48.7 Å². The molecule has 2 N–H and O–H groups in total. The van der Waals surface area contributed by atoms with E-state index in [1.807, 2.05) is 61.2 Å². The minimum absolute atomic E-state index is 0.0463. The number of amides is 1. The van der Waals surface area contributed by atoms with Gasteiger partial charge in [0.2, 0.25) is 0 Å². The highest BCUT2D eigenvalue weighted by Gasteiger charge is 2.34. The maximum Gasteiger partial charge on any atom is 0.317 e. The lowest BCUT2D eigenvalue weighted by Gasteiger charge is -2.42. The summed E-state index contributed by atoms with van der Waals surface area (Å²) in [5.74, 6) is -0.213. The van der Waals surface area contributed by atoms with Gasteiger partial charge in [-0.3, -0.25) is 14.5 Å². The molecule has 2 aromatic rings. The summed E-state index contributed by atoms with van der Waals surface area (Å²) in [5.41, 5.74) is 1.68. The molecule has 29 heavy (non-hydrogen) atoms. The molecule has 0 aliphatic heterocycles. The first kappa shape index (κ1) is 20.9. The van der Waals surface area contributed by atoms with Gasteiger partial charge in [0.1, 0.15) is 11.9 Å². The van der Waals surface area contributed by atoms with E-state index in [2.05, 4.69) is 5.32 Å². The van der Waals surface area contributed by atoms with Crippen molar-refractivity contribution in [2.75, 3.05) is 13.1 Å². The molecule has 1 amide bonds. The highest BCUT2D eigenvalue weighted by Crippen LogP contribution is 2.26. The summed E-state index contributed by atoms with van der Waals surface area (Å²) >= 11 is 0. The van der Waals surface area contributed by atoms with Crippen molar-refractivity contribution in [2.24, 2.45) is 0 Å². The van der Waals surface area contributed by atoms with E-state index in [0.717, 1.165) is 18.4 Å². The lowest BCUT2D eigenvalue weighted by Crippen LogP contribution is -2.54. The first-order valence-electron chi connectivity index (χ1n) is 10.0. The van der Waals surface area contributed by atoms with Crippen LogP contribution in [0.4, 0.5) is 0 Å². The Morgan fingerprint density at radius 2 is 1.79 bits per heavy atom. The second kappa shape index (κ2) is 9.56. The molecule has 0 radical (unpaired) electrons. The summed E-state index contributed by atoms with van der Waals surface area (Å²) in [6.07, 6.45) is 1.49. The van der Waals surface area contributed by atoms with E-state index in [-0.39, 0.29) is 30.6 Å². The molecular weight excluding hydrogens is 368 g/mol. The zero-order valence-electron chi connectivity index (χ0n) is 16.9. The van der Waals surface area contributed by atoms with Crippen LogP contribution in [-0.2, 0) is 4.79 Å². The van der Waals surface area contributed by atoms with Crippen LogP contribution in [0.5, 0.6) is 5.75 Å². The summed E-state index contributed by atoms with van der Waals surface area (Å²) in [6, 6.07) is 17.4. The third-order valence-corrected chi connectivity index (χ3v) is 5.41. The number of hydrogen-bond acceptors (Lipinski definition) is 4. The van der Waals surface area contributed by atoms with Crippen molar-refractivity contribution < 1.29 is 19.4 Å². The van der Waals surface area contributed by atoms with E-state index < -0.39 is 5.97 Å². The van der Waals surface area contributed by atoms with Crippen molar-refractivity contribution in [1.29, 1.82) is 0 Å². The molecule has 1 aliphatic rings. The van der Waals surface area contributed by atoms with Gasteiger partial charge in [0, 0.05) is 17.6 Å². The largest absolute Gasteiger partial charge is 0.486 e. The molecule has 3 rings (SSSR count). The first-order valence-corrected chi connectivity index (χ1v) is 10.0. The molecule has 0 spiro atoms. The van der Waals surface area contributed by atoms with Crippen molar-refractivity contribution in [3.8, 4) is 5.75 Å². The minimum atomic E-state index is -0.816. The molecule has 0 saturated heterocycles. The first-order chi connectivity index (χ1) is 14.0. The summed E-state index contributed by atoms with van der Waals surface area (Å²) in [4.78, 5) is 25.3. The number of carboxylic acid groups (broad SMARTS) is 1. The highest BCUT2D eigenvalue weighted by molar-refractivity contribution is 5.94. The molecule has 2 aromatic carbocycles. The lowest BCUT2D eigenvalue weighted by atomic mass is 9.85. The Balaban J connectivity index is 1.48. The number of likely N-dealkylation sites (N-methyl/N-ethyl adjacent to an activating group) is 1. The molecule has 6 heteroatoms. The molecule has 154 valence electrons. The van der Waals surface area contributed by atoms with Gasteiger partial charge in [0.15, 0.2) is 0 Å². The Morgan fingerprint density at radius 3 is 2.38 bits per heavy atom. The number of benzene rings is 2. The summed E-state index contributed by atoms with van der Waals surface area (Å²) in [5, 5.41) is 12.0. The predicted octanol–water partition coefficient (Wildman–Crippen LogP) is 3.49. The van der Waals surface area contributed by atoms with Crippen LogP contribution in [0, 0.1) is 0 Å². The zero-order chi connectivity index (χ0) is 20.8. The van der Waals surface area contributed by atoms with Gasteiger partial charge in [-0.05, 0) is 56.1 Å². The van der Waals surface area contributed by atoms with E-state index in [0.29, 0.717) is 17.9 Å². The molecule has 1 unspecified atom stereocenters. The van der Waals surface area contributed by atoms with Gasteiger partial charge in [-0.2, -0.15) is 0 Å². The van der Waals surface area contributed by atoms with Gasteiger partial charge < -0.3 is 15.2 Å². The second-order valence-corrected chi connectivity index (χ2v) is 7.45. The fourth-order valence-corrected chi connectivity index (χ4v) is 3.63. The van der Waals surface area contributed by atoms with E-state index in [4.69, 9.17) is 9.84 Å². The SMILES string of the molecule is CCN(CC(=O)O)C1CC(NC(=O)c2ccc(OC(C)c3ccccc3)cc2)C1. The molecule has 1 aliphatic carbocycles. The molecule has 0 aromatic heterocycles. The van der Waals surface area contributed by atoms with Crippen LogP contribution in [0.2, 0.25) is 0 Å². The number of carbonyl (C=O) groups excluding carboxylic acids is 1. The van der Waals surface area contributed by atoms with Crippen LogP contribution < -0.4 is 10.1 Å². The number of carboxylic acids is 1. The lowest BCUT2D eigenvalue weighted by molar-refractivity contribution is -0.139.